The second-order valence-corrected chi connectivity index (χ2v) is 6.43. The summed E-state index contributed by atoms with van der Waals surface area (Å²) in [5, 5.41) is 3.31. The van der Waals surface area contributed by atoms with Crippen LogP contribution in [0.2, 0.25) is 0 Å². The summed E-state index contributed by atoms with van der Waals surface area (Å²) in [4.78, 5) is 14.4. The van der Waals surface area contributed by atoms with Gasteiger partial charge in [-0.15, -0.1) is 0 Å². The van der Waals surface area contributed by atoms with Crippen LogP contribution in [-0.2, 0) is 14.3 Å². The Kier molecular flexibility index (Phi) is 6.93. The van der Waals surface area contributed by atoms with E-state index in [1.807, 2.05) is 4.90 Å². The zero-order valence-corrected chi connectivity index (χ0v) is 13.5. The summed E-state index contributed by atoms with van der Waals surface area (Å²) >= 11 is 0. The molecule has 2 saturated heterocycles. The van der Waals surface area contributed by atoms with Gasteiger partial charge in [-0.1, -0.05) is 13.8 Å². The summed E-state index contributed by atoms with van der Waals surface area (Å²) in [6, 6.07) is 0.419. The highest BCUT2D eigenvalue weighted by molar-refractivity contribution is 5.76. The first-order valence-electron chi connectivity index (χ1n) is 8.39. The van der Waals surface area contributed by atoms with Crippen LogP contribution < -0.4 is 5.32 Å². The standard InChI is InChI=1S/C16H30N2O3/c1-13(2)17-8-7-16(19)18(11-14-5-3-9-20-14)12-15-6-4-10-21-15/h13-15,17H,3-12H2,1-2H3. The second kappa shape index (κ2) is 8.71. The number of rotatable bonds is 8. The summed E-state index contributed by atoms with van der Waals surface area (Å²) in [5.74, 6) is 0.217. The summed E-state index contributed by atoms with van der Waals surface area (Å²) in [6.45, 7) is 8.05. The van der Waals surface area contributed by atoms with E-state index in [1.165, 1.54) is 0 Å². The van der Waals surface area contributed by atoms with Crippen molar-refractivity contribution in [3.05, 3.63) is 0 Å². The van der Waals surface area contributed by atoms with Gasteiger partial charge in [0.15, 0.2) is 0 Å². The summed E-state index contributed by atoms with van der Waals surface area (Å²) in [6.07, 6.45) is 5.35. The molecule has 2 heterocycles. The number of amides is 1. The third kappa shape index (κ3) is 5.93. The Hall–Kier alpha value is -0.650. The van der Waals surface area contributed by atoms with Gasteiger partial charge in [-0.2, -0.15) is 0 Å². The predicted octanol–water partition coefficient (Wildman–Crippen LogP) is 1.56. The summed E-state index contributed by atoms with van der Waals surface area (Å²) < 4.78 is 11.4. The Morgan fingerprint density at radius 1 is 1.14 bits per heavy atom. The zero-order chi connectivity index (χ0) is 15.1. The van der Waals surface area contributed by atoms with Crippen LogP contribution in [0.15, 0.2) is 0 Å². The molecule has 5 heteroatoms. The first-order chi connectivity index (χ1) is 10.1. The normalized spacial score (nSPS) is 25.7. The fraction of sp³-hybridized carbons (Fsp3) is 0.938. The lowest BCUT2D eigenvalue weighted by Gasteiger charge is -2.28. The van der Waals surface area contributed by atoms with Gasteiger partial charge in [0.25, 0.3) is 0 Å². The van der Waals surface area contributed by atoms with Crippen LogP contribution in [0.5, 0.6) is 0 Å². The number of ether oxygens (including phenoxy) is 2. The van der Waals surface area contributed by atoms with E-state index < -0.39 is 0 Å². The van der Waals surface area contributed by atoms with Crippen LogP contribution in [0.4, 0.5) is 0 Å². The Bertz CT molecular complexity index is 293. The third-order valence-corrected chi connectivity index (χ3v) is 4.14. The van der Waals surface area contributed by atoms with Gasteiger partial charge in [0.2, 0.25) is 5.91 Å². The van der Waals surface area contributed by atoms with Crippen LogP contribution in [0.1, 0.15) is 46.0 Å². The van der Waals surface area contributed by atoms with E-state index >= 15 is 0 Å². The molecular formula is C16H30N2O3. The highest BCUT2D eigenvalue weighted by Crippen LogP contribution is 2.17. The van der Waals surface area contributed by atoms with Crippen molar-refractivity contribution in [3.63, 3.8) is 0 Å². The van der Waals surface area contributed by atoms with Gasteiger partial charge in [-0.05, 0) is 25.7 Å². The van der Waals surface area contributed by atoms with E-state index in [0.717, 1.165) is 58.5 Å². The molecule has 2 aliphatic heterocycles. The van der Waals surface area contributed by atoms with E-state index in [9.17, 15) is 4.79 Å². The lowest BCUT2D eigenvalue weighted by Crippen LogP contribution is -2.43. The Morgan fingerprint density at radius 3 is 2.14 bits per heavy atom. The molecular weight excluding hydrogens is 268 g/mol. The van der Waals surface area contributed by atoms with E-state index in [1.54, 1.807) is 0 Å². The number of carbonyl (C=O) groups excluding carboxylic acids is 1. The van der Waals surface area contributed by atoms with E-state index in [0.29, 0.717) is 12.5 Å². The summed E-state index contributed by atoms with van der Waals surface area (Å²) in [5.41, 5.74) is 0. The van der Waals surface area contributed by atoms with Crippen molar-refractivity contribution in [3.8, 4) is 0 Å². The maximum atomic E-state index is 12.5. The molecule has 0 aromatic carbocycles. The molecule has 0 bridgehead atoms. The van der Waals surface area contributed by atoms with Crippen molar-refractivity contribution in [1.82, 2.24) is 10.2 Å². The van der Waals surface area contributed by atoms with Crippen molar-refractivity contribution in [2.45, 2.75) is 64.2 Å². The zero-order valence-electron chi connectivity index (χ0n) is 13.5. The first-order valence-corrected chi connectivity index (χ1v) is 8.39. The predicted molar refractivity (Wildman–Crippen MR) is 82.3 cm³/mol. The topological polar surface area (TPSA) is 50.8 Å². The SMILES string of the molecule is CC(C)NCCC(=O)N(CC1CCCO1)CC1CCCO1. The highest BCUT2D eigenvalue weighted by Gasteiger charge is 2.26. The minimum Gasteiger partial charge on any atom is -0.376 e. The van der Waals surface area contributed by atoms with E-state index in [4.69, 9.17) is 9.47 Å². The molecule has 2 rings (SSSR count). The van der Waals surface area contributed by atoms with Gasteiger partial charge in [0, 0.05) is 45.3 Å². The van der Waals surface area contributed by atoms with Crippen molar-refractivity contribution < 1.29 is 14.3 Å². The molecule has 0 aliphatic carbocycles. The monoisotopic (exact) mass is 298 g/mol. The molecule has 1 amide bonds. The average Bonchev–Trinajstić information content (AvgIpc) is 3.10. The van der Waals surface area contributed by atoms with Crippen molar-refractivity contribution in [2.24, 2.45) is 0 Å². The lowest BCUT2D eigenvalue weighted by molar-refractivity contribution is -0.134. The van der Waals surface area contributed by atoms with Crippen molar-refractivity contribution in [2.75, 3.05) is 32.8 Å². The Labute approximate surface area is 128 Å². The molecule has 0 radical (unpaired) electrons. The fourth-order valence-electron chi connectivity index (χ4n) is 2.97. The van der Waals surface area contributed by atoms with Gasteiger partial charge >= 0.3 is 0 Å². The second-order valence-electron chi connectivity index (χ2n) is 6.43. The molecule has 2 atom stereocenters. The van der Waals surface area contributed by atoms with Crippen LogP contribution in [0.3, 0.4) is 0 Å². The fourth-order valence-corrected chi connectivity index (χ4v) is 2.97. The number of carbonyl (C=O) groups is 1. The molecule has 21 heavy (non-hydrogen) atoms. The average molecular weight is 298 g/mol. The molecule has 2 fully saturated rings. The summed E-state index contributed by atoms with van der Waals surface area (Å²) in [7, 11) is 0. The van der Waals surface area contributed by atoms with E-state index in [2.05, 4.69) is 19.2 Å². The number of nitrogens with one attached hydrogen (secondary N) is 1. The van der Waals surface area contributed by atoms with Crippen LogP contribution in [0, 0.1) is 0 Å². The van der Waals surface area contributed by atoms with Crippen LogP contribution in [-0.4, -0.2) is 61.9 Å². The highest BCUT2D eigenvalue weighted by atomic mass is 16.5. The largest absolute Gasteiger partial charge is 0.376 e. The first kappa shape index (κ1) is 16.7. The van der Waals surface area contributed by atoms with Gasteiger partial charge in [0.05, 0.1) is 12.2 Å². The molecule has 0 aromatic rings. The minimum atomic E-state index is 0.216. The number of hydrogen-bond donors (Lipinski definition) is 1. The van der Waals surface area contributed by atoms with Gasteiger partial charge in [-0.25, -0.2) is 0 Å². The van der Waals surface area contributed by atoms with Crippen molar-refractivity contribution >= 4 is 5.91 Å². The third-order valence-electron chi connectivity index (χ3n) is 4.14. The molecule has 2 aliphatic rings. The quantitative estimate of drug-likeness (QED) is 0.739. The van der Waals surface area contributed by atoms with Crippen LogP contribution >= 0.6 is 0 Å². The Balaban J connectivity index is 1.81. The Morgan fingerprint density at radius 2 is 1.71 bits per heavy atom. The molecule has 0 saturated carbocycles. The van der Waals surface area contributed by atoms with Gasteiger partial charge in [-0.3, -0.25) is 4.79 Å². The number of nitrogens with zero attached hydrogens (tertiary/aromatic N) is 1. The number of hydrogen-bond acceptors (Lipinski definition) is 4. The minimum absolute atomic E-state index is 0.216. The maximum Gasteiger partial charge on any atom is 0.224 e. The molecule has 2 unspecified atom stereocenters. The molecule has 122 valence electrons. The van der Waals surface area contributed by atoms with Gasteiger partial charge < -0.3 is 19.7 Å². The molecule has 0 aromatic heterocycles. The molecule has 1 N–H and O–H groups in total. The van der Waals surface area contributed by atoms with Crippen molar-refractivity contribution in [1.29, 1.82) is 0 Å². The molecule has 0 spiro atoms. The van der Waals surface area contributed by atoms with Crippen LogP contribution in [0.25, 0.3) is 0 Å². The smallest absolute Gasteiger partial charge is 0.224 e. The van der Waals surface area contributed by atoms with Gasteiger partial charge in [0.1, 0.15) is 0 Å². The lowest BCUT2D eigenvalue weighted by atomic mass is 10.2. The maximum absolute atomic E-state index is 12.5. The van der Waals surface area contributed by atoms with E-state index in [-0.39, 0.29) is 18.1 Å². The molecule has 5 nitrogen and oxygen atoms in total.